The van der Waals surface area contributed by atoms with Crippen LogP contribution in [0.2, 0.25) is 0 Å². The summed E-state index contributed by atoms with van der Waals surface area (Å²) in [7, 11) is 1.27. The predicted octanol–water partition coefficient (Wildman–Crippen LogP) is -0.280. The Morgan fingerprint density at radius 2 is 2.29 bits per heavy atom. The van der Waals surface area contributed by atoms with Crippen LogP contribution in [0, 0.1) is 0 Å². The quantitative estimate of drug-likeness (QED) is 0.798. The molecule has 1 fully saturated rings. The van der Waals surface area contributed by atoms with E-state index in [-0.39, 0.29) is 12.2 Å². The van der Waals surface area contributed by atoms with E-state index in [1.54, 1.807) is 0 Å². The molecule has 2 heterocycles. The van der Waals surface area contributed by atoms with E-state index in [0.717, 1.165) is 12.3 Å². The van der Waals surface area contributed by atoms with Gasteiger partial charge in [0, 0.05) is 13.3 Å². The maximum absolute atomic E-state index is 14.1. The van der Waals surface area contributed by atoms with Crippen molar-refractivity contribution >= 4 is 6.08 Å². The van der Waals surface area contributed by atoms with Crippen molar-refractivity contribution in [3.8, 4) is 0 Å². The number of hydrogen-bond donors (Lipinski definition) is 2. The van der Waals surface area contributed by atoms with Crippen molar-refractivity contribution in [3.63, 3.8) is 0 Å². The lowest BCUT2D eigenvalue weighted by Gasteiger charge is -2.21. The summed E-state index contributed by atoms with van der Waals surface area (Å²) in [6.07, 6.45) is -3.44. The lowest BCUT2D eigenvalue weighted by atomic mass is 10.1. The van der Waals surface area contributed by atoms with Crippen molar-refractivity contribution in [2.24, 2.45) is 0 Å². The molecule has 0 amide bonds. The summed E-state index contributed by atoms with van der Waals surface area (Å²) in [6.45, 7) is 3.09. The molecule has 0 radical (unpaired) electrons. The number of aliphatic hydroxyl groups is 1. The van der Waals surface area contributed by atoms with E-state index in [1.165, 1.54) is 7.11 Å². The number of rotatable bonds is 4. The average Bonchev–Trinajstić information content (AvgIpc) is 2.63. The first-order chi connectivity index (χ1) is 9.82. The minimum Gasteiger partial charge on any atom is -0.384 e. The Bertz CT molecular complexity index is 654. The molecule has 1 unspecified atom stereocenters. The van der Waals surface area contributed by atoms with Crippen LogP contribution < -0.4 is 11.2 Å². The normalized spacial score (nSPS) is 27.7. The first kappa shape index (κ1) is 15.5. The molecule has 0 aromatic carbocycles. The summed E-state index contributed by atoms with van der Waals surface area (Å²) in [6, 6.07) is 0. The van der Waals surface area contributed by atoms with Crippen molar-refractivity contribution in [2.45, 2.75) is 24.4 Å². The van der Waals surface area contributed by atoms with Gasteiger partial charge in [0.2, 0.25) is 6.23 Å². The standard InChI is InChI=1S/C12H14F2N2O5/c1-3-6-4-16(11(19)15-9(6)18)10-12(13,14)8(17)7(21-10)5-20-2/h3-4,7-8,10,17H,1,5H2,2H3,(H,15,18,19)/t7-,8?,10-/m0/s1. The zero-order valence-corrected chi connectivity index (χ0v) is 11.1. The van der Waals surface area contributed by atoms with Gasteiger partial charge in [0.1, 0.15) is 6.10 Å². The summed E-state index contributed by atoms with van der Waals surface area (Å²) >= 11 is 0. The van der Waals surface area contributed by atoms with E-state index in [9.17, 15) is 23.5 Å². The number of ether oxygens (including phenoxy) is 2. The second-order valence-corrected chi connectivity index (χ2v) is 4.56. The first-order valence-corrected chi connectivity index (χ1v) is 6.01. The molecule has 2 rings (SSSR count). The highest BCUT2D eigenvalue weighted by atomic mass is 19.3. The van der Waals surface area contributed by atoms with E-state index in [1.807, 2.05) is 4.98 Å². The van der Waals surface area contributed by atoms with Gasteiger partial charge in [-0.1, -0.05) is 12.7 Å². The number of methoxy groups -OCH3 is 1. The zero-order chi connectivity index (χ0) is 15.8. The highest BCUT2D eigenvalue weighted by molar-refractivity contribution is 5.43. The largest absolute Gasteiger partial charge is 0.384 e. The number of halogens is 2. The van der Waals surface area contributed by atoms with Gasteiger partial charge in [0.15, 0.2) is 6.10 Å². The van der Waals surface area contributed by atoms with E-state index >= 15 is 0 Å². The van der Waals surface area contributed by atoms with Crippen molar-refractivity contribution < 1.29 is 23.4 Å². The minimum absolute atomic E-state index is 0.0707. The number of aliphatic hydroxyl groups excluding tert-OH is 1. The Labute approximate surface area is 117 Å². The molecule has 116 valence electrons. The molecule has 0 aliphatic carbocycles. The van der Waals surface area contributed by atoms with Crippen LogP contribution in [0.5, 0.6) is 0 Å². The Morgan fingerprint density at radius 1 is 1.62 bits per heavy atom. The molecule has 1 aromatic rings. The molecule has 1 aliphatic heterocycles. The third-order valence-electron chi connectivity index (χ3n) is 3.18. The molecule has 9 heteroatoms. The smallest absolute Gasteiger partial charge is 0.330 e. The zero-order valence-electron chi connectivity index (χ0n) is 11.1. The van der Waals surface area contributed by atoms with Crippen LogP contribution >= 0.6 is 0 Å². The maximum Gasteiger partial charge on any atom is 0.330 e. The van der Waals surface area contributed by atoms with Gasteiger partial charge in [-0.25, -0.2) is 4.79 Å². The molecule has 1 aromatic heterocycles. The molecule has 21 heavy (non-hydrogen) atoms. The van der Waals surface area contributed by atoms with Crippen LogP contribution in [-0.4, -0.2) is 46.5 Å². The van der Waals surface area contributed by atoms with Crippen LogP contribution in [0.4, 0.5) is 8.78 Å². The van der Waals surface area contributed by atoms with Gasteiger partial charge < -0.3 is 14.6 Å². The summed E-state index contributed by atoms with van der Waals surface area (Å²) in [5, 5.41) is 9.59. The number of nitrogens with one attached hydrogen (secondary N) is 1. The predicted molar refractivity (Wildman–Crippen MR) is 68.2 cm³/mol. The van der Waals surface area contributed by atoms with E-state index in [0.29, 0.717) is 4.57 Å². The molecular formula is C12H14F2N2O5. The first-order valence-electron chi connectivity index (χ1n) is 6.01. The molecule has 0 spiro atoms. The van der Waals surface area contributed by atoms with Crippen LogP contribution in [-0.2, 0) is 9.47 Å². The van der Waals surface area contributed by atoms with Gasteiger partial charge in [-0.2, -0.15) is 8.78 Å². The summed E-state index contributed by atoms with van der Waals surface area (Å²) in [5.74, 6) is -3.72. The fraction of sp³-hybridized carbons (Fsp3) is 0.500. The molecule has 1 aliphatic rings. The Balaban J connectivity index is 2.49. The number of alkyl halides is 2. The maximum atomic E-state index is 14.1. The van der Waals surface area contributed by atoms with Crippen LogP contribution in [0.15, 0.2) is 22.4 Å². The second kappa shape index (κ2) is 5.51. The van der Waals surface area contributed by atoms with Gasteiger partial charge in [0.25, 0.3) is 5.56 Å². The molecule has 0 saturated carbocycles. The lowest BCUT2D eigenvalue weighted by molar-refractivity contribution is -0.141. The van der Waals surface area contributed by atoms with E-state index in [4.69, 9.17) is 4.74 Å². The monoisotopic (exact) mass is 304 g/mol. The third kappa shape index (κ3) is 2.55. The van der Waals surface area contributed by atoms with Gasteiger partial charge >= 0.3 is 11.6 Å². The average molecular weight is 304 g/mol. The Kier molecular flexibility index (Phi) is 4.08. The van der Waals surface area contributed by atoms with Gasteiger partial charge in [-0.05, 0) is 0 Å². The van der Waals surface area contributed by atoms with Crippen molar-refractivity contribution in [1.29, 1.82) is 0 Å². The highest BCUT2D eigenvalue weighted by Crippen LogP contribution is 2.42. The number of hydrogen-bond acceptors (Lipinski definition) is 5. The van der Waals surface area contributed by atoms with Gasteiger partial charge in [-0.15, -0.1) is 0 Å². The second-order valence-electron chi connectivity index (χ2n) is 4.56. The minimum atomic E-state index is -3.72. The van der Waals surface area contributed by atoms with Gasteiger partial charge in [0.05, 0.1) is 12.2 Å². The topological polar surface area (TPSA) is 93.6 Å². The molecule has 7 nitrogen and oxygen atoms in total. The summed E-state index contributed by atoms with van der Waals surface area (Å²) < 4.78 is 38.4. The number of aromatic amines is 1. The fourth-order valence-corrected chi connectivity index (χ4v) is 2.09. The fourth-order valence-electron chi connectivity index (χ4n) is 2.09. The highest BCUT2D eigenvalue weighted by Gasteiger charge is 2.59. The van der Waals surface area contributed by atoms with Crippen LogP contribution in [0.3, 0.4) is 0 Å². The van der Waals surface area contributed by atoms with Gasteiger partial charge in [-0.3, -0.25) is 14.3 Å². The molecule has 2 N–H and O–H groups in total. The van der Waals surface area contributed by atoms with Crippen LogP contribution in [0.25, 0.3) is 6.08 Å². The lowest BCUT2D eigenvalue weighted by Crippen LogP contribution is -2.43. The number of H-pyrrole nitrogens is 1. The Hall–Kier alpha value is -1.84. The Morgan fingerprint density at radius 3 is 2.86 bits per heavy atom. The van der Waals surface area contributed by atoms with E-state index in [2.05, 4.69) is 11.3 Å². The van der Waals surface area contributed by atoms with Crippen molar-refractivity contribution in [1.82, 2.24) is 9.55 Å². The third-order valence-corrected chi connectivity index (χ3v) is 3.18. The molecule has 3 atom stereocenters. The molecule has 1 saturated heterocycles. The SMILES string of the molecule is C=Cc1cn([C@H]2O[C@@H](COC)C(O)C2(F)F)c(=O)[nH]c1=O. The number of nitrogens with zero attached hydrogens (tertiary/aromatic N) is 1. The van der Waals surface area contributed by atoms with Crippen molar-refractivity contribution in [3.05, 3.63) is 39.2 Å². The molecule has 0 bridgehead atoms. The number of aromatic nitrogens is 2. The molecular weight excluding hydrogens is 290 g/mol. The van der Waals surface area contributed by atoms with E-state index < -0.39 is 35.6 Å². The van der Waals surface area contributed by atoms with Crippen molar-refractivity contribution in [2.75, 3.05) is 13.7 Å². The summed E-state index contributed by atoms with van der Waals surface area (Å²) in [5.41, 5.74) is -1.89. The summed E-state index contributed by atoms with van der Waals surface area (Å²) in [4.78, 5) is 25.0. The van der Waals surface area contributed by atoms with Crippen LogP contribution in [0.1, 0.15) is 11.8 Å².